The lowest BCUT2D eigenvalue weighted by molar-refractivity contribution is 1.46. The second-order valence-electron chi connectivity index (χ2n) is 17.2. The smallest absolute Gasteiger partial charge is 0.194 e. The minimum absolute atomic E-state index is 0.562. The minimum Gasteiger partial charge on any atom is -0.238 e. The van der Waals surface area contributed by atoms with E-state index in [-0.39, 0.29) is 0 Å². The first-order valence-corrected chi connectivity index (χ1v) is 22.3. The van der Waals surface area contributed by atoms with Gasteiger partial charge in [0, 0.05) is 0 Å². The molecule has 0 N–H and O–H groups in total. The fourth-order valence-electron chi connectivity index (χ4n) is 8.29. The van der Waals surface area contributed by atoms with Gasteiger partial charge in [0.25, 0.3) is 0 Å². The van der Waals surface area contributed by atoms with Gasteiger partial charge in [-0.3, -0.25) is 0 Å². The SMILES string of the molecule is [C-]#[N+]/C(=C\c1ccc(/C=C(\C#N)c2ccc(-c3cc(-c4ccc(C)cc4)cc(-c4ccc(C)cc4)c3)cc2)cc1)c1ccc(-c2cc(-c3ccc(C)cc3)cc(-c3ccc(C)cc3)c2)cc1. The largest absolute Gasteiger partial charge is 0.238 e. The molecule has 2 heteroatoms. The predicted octanol–water partition coefficient (Wildman–Crippen LogP) is 17.4. The number of rotatable bonds is 10. The molecule has 0 amide bonds. The Kier molecular flexibility index (Phi) is 12.3. The van der Waals surface area contributed by atoms with E-state index in [1.165, 1.54) is 44.5 Å². The highest BCUT2D eigenvalue weighted by molar-refractivity contribution is 5.92. The number of benzene rings is 9. The van der Waals surface area contributed by atoms with Crippen LogP contribution in [0, 0.1) is 45.6 Å². The van der Waals surface area contributed by atoms with E-state index in [4.69, 9.17) is 6.57 Å². The van der Waals surface area contributed by atoms with E-state index in [1.54, 1.807) is 0 Å². The van der Waals surface area contributed by atoms with Crippen molar-refractivity contribution in [3.05, 3.63) is 262 Å². The summed E-state index contributed by atoms with van der Waals surface area (Å²) in [6.07, 6.45) is 3.84. The molecular weight excluding hydrogens is 797 g/mol. The highest BCUT2D eigenvalue weighted by Crippen LogP contribution is 2.36. The van der Waals surface area contributed by atoms with Crippen LogP contribution in [0.15, 0.2) is 206 Å². The van der Waals surface area contributed by atoms with Crippen LogP contribution in [0.2, 0.25) is 0 Å². The van der Waals surface area contributed by atoms with E-state index in [2.05, 4.69) is 196 Å². The Morgan fingerprint density at radius 3 is 0.879 bits per heavy atom. The van der Waals surface area contributed by atoms with Gasteiger partial charge in [-0.15, -0.1) is 0 Å². The summed E-state index contributed by atoms with van der Waals surface area (Å²) in [5, 5.41) is 10.3. The zero-order valence-corrected chi connectivity index (χ0v) is 37.7. The van der Waals surface area contributed by atoms with E-state index in [0.29, 0.717) is 11.3 Å². The molecule has 0 saturated heterocycles. The van der Waals surface area contributed by atoms with Crippen molar-refractivity contribution < 1.29 is 0 Å². The van der Waals surface area contributed by atoms with E-state index in [1.807, 2.05) is 60.7 Å². The molecule has 0 radical (unpaired) electrons. The molecule has 0 aliphatic heterocycles. The van der Waals surface area contributed by atoms with Crippen LogP contribution in [0.3, 0.4) is 0 Å². The number of nitriles is 1. The van der Waals surface area contributed by atoms with Crippen molar-refractivity contribution in [3.8, 4) is 72.8 Å². The number of hydrogen-bond acceptors (Lipinski definition) is 1. The van der Waals surface area contributed by atoms with Crippen molar-refractivity contribution in [2.24, 2.45) is 0 Å². The molecule has 0 atom stereocenters. The van der Waals surface area contributed by atoms with Crippen LogP contribution in [0.1, 0.15) is 44.5 Å². The molecule has 9 rings (SSSR count). The van der Waals surface area contributed by atoms with Crippen LogP contribution in [0.5, 0.6) is 0 Å². The molecule has 0 heterocycles. The van der Waals surface area contributed by atoms with Crippen molar-refractivity contribution >= 4 is 23.4 Å². The Morgan fingerprint density at radius 1 is 0.348 bits per heavy atom. The van der Waals surface area contributed by atoms with E-state index in [9.17, 15) is 5.26 Å². The fraction of sp³-hybridized carbons (Fsp3) is 0.0625. The molecule has 0 spiro atoms. The summed E-state index contributed by atoms with van der Waals surface area (Å²) < 4.78 is 0. The Labute approximate surface area is 389 Å². The maximum Gasteiger partial charge on any atom is 0.194 e. The third-order valence-electron chi connectivity index (χ3n) is 12.2. The lowest BCUT2D eigenvalue weighted by atomic mass is 9.92. The number of nitrogens with zero attached hydrogens (tertiary/aromatic N) is 2. The quantitative estimate of drug-likeness (QED) is 0.0766. The molecule has 0 saturated carbocycles. The van der Waals surface area contributed by atoms with Crippen molar-refractivity contribution in [2.75, 3.05) is 0 Å². The topological polar surface area (TPSA) is 28.1 Å². The number of aryl methyl sites for hydroxylation is 4. The molecule has 66 heavy (non-hydrogen) atoms. The van der Waals surface area contributed by atoms with Crippen LogP contribution >= 0.6 is 0 Å². The second kappa shape index (κ2) is 19.0. The normalized spacial score (nSPS) is 11.5. The highest BCUT2D eigenvalue weighted by Gasteiger charge is 2.12. The Hall–Kier alpha value is -8.56. The first kappa shape index (κ1) is 42.7. The number of hydrogen-bond donors (Lipinski definition) is 0. The third kappa shape index (κ3) is 9.81. The maximum atomic E-state index is 10.3. The minimum atomic E-state index is 0.562. The zero-order chi connectivity index (χ0) is 45.6. The van der Waals surface area contributed by atoms with Crippen LogP contribution in [-0.4, -0.2) is 0 Å². The van der Waals surface area contributed by atoms with Gasteiger partial charge in [0.2, 0.25) is 0 Å². The predicted molar refractivity (Wildman–Crippen MR) is 279 cm³/mol. The van der Waals surface area contributed by atoms with Gasteiger partial charge in [-0.05, 0) is 165 Å². The van der Waals surface area contributed by atoms with Crippen LogP contribution in [-0.2, 0) is 0 Å². The first-order chi connectivity index (χ1) is 32.2. The van der Waals surface area contributed by atoms with Crippen molar-refractivity contribution in [2.45, 2.75) is 27.7 Å². The van der Waals surface area contributed by atoms with Gasteiger partial charge in [0.05, 0.1) is 18.2 Å². The van der Waals surface area contributed by atoms with E-state index < -0.39 is 0 Å². The van der Waals surface area contributed by atoms with Crippen molar-refractivity contribution in [1.29, 1.82) is 5.26 Å². The Bertz CT molecular complexity index is 2960. The Balaban J connectivity index is 0.941. The van der Waals surface area contributed by atoms with E-state index >= 15 is 0 Å². The maximum absolute atomic E-state index is 10.3. The summed E-state index contributed by atoms with van der Waals surface area (Å²) in [6, 6.07) is 75.2. The van der Waals surface area contributed by atoms with Gasteiger partial charge >= 0.3 is 0 Å². The molecule has 0 fully saturated rings. The van der Waals surface area contributed by atoms with Gasteiger partial charge in [0.15, 0.2) is 5.70 Å². The summed E-state index contributed by atoms with van der Waals surface area (Å²) in [5.41, 5.74) is 23.4. The average Bonchev–Trinajstić information content (AvgIpc) is 3.36. The molecule has 2 nitrogen and oxygen atoms in total. The van der Waals surface area contributed by atoms with Crippen molar-refractivity contribution in [1.82, 2.24) is 0 Å². The standard InChI is InChI=1S/C64H48N2/c1-43-6-18-49(19-7-43)57-36-58(50-20-8-44(2)9-21-50)39-61(38-57)53-26-28-55(29-27-53)63(42-65)34-47-14-16-48(17-15-47)35-64(66-5)56-32-30-54(31-33-56)62-40-59(51-22-10-45(3)11-23-51)37-60(41-62)52-24-12-46(4)13-25-52/h6-41H,1-4H3/b63-34+,64-35-. The molecule has 0 aromatic heterocycles. The molecule has 9 aromatic rings. The van der Waals surface area contributed by atoms with Crippen LogP contribution in [0.4, 0.5) is 0 Å². The van der Waals surface area contributed by atoms with Gasteiger partial charge in [0.1, 0.15) is 0 Å². The van der Waals surface area contributed by atoms with Gasteiger partial charge in [-0.2, -0.15) is 5.26 Å². The summed E-state index contributed by atoms with van der Waals surface area (Å²) in [4.78, 5) is 3.93. The molecule has 0 aliphatic rings. The summed E-state index contributed by atoms with van der Waals surface area (Å²) in [7, 11) is 0. The van der Waals surface area contributed by atoms with Crippen LogP contribution < -0.4 is 0 Å². The molecule has 0 aliphatic carbocycles. The second-order valence-corrected chi connectivity index (χ2v) is 17.2. The lowest BCUT2D eigenvalue weighted by Crippen LogP contribution is -1.88. The third-order valence-corrected chi connectivity index (χ3v) is 12.2. The van der Waals surface area contributed by atoms with Gasteiger partial charge in [-0.1, -0.05) is 192 Å². The molecule has 9 aromatic carbocycles. The number of allylic oxidation sites excluding steroid dienone is 1. The summed E-state index contributed by atoms with van der Waals surface area (Å²) in [6.45, 7) is 16.5. The van der Waals surface area contributed by atoms with Gasteiger partial charge < -0.3 is 0 Å². The first-order valence-electron chi connectivity index (χ1n) is 22.3. The molecule has 0 unspecified atom stereocenters. The molecule has 314 valence electrons. The zero-order valence-electron chi connectivity index (χ0n) is 37.7. The highest BCUT2D eigenvalue weighted by atomic mass is 14.7. The fourth-order valence-corrected chi connectivity index (χ4v) is 8.29. The monoisotopic (exact) mass is 844 g/mol. The summed E-state index contributed by atoms with van der Waals surface area (Å²) in [5.74, 6) is 0. The summed E-state index contributed by atoms with van der Waals surface area (Å²) >= 11 is 0. The lowest BCUT2D eigenvalue weighted by Gasteiger charge is -2.12. The average molecular weight is 845 g/mol. The molecule has 0 bridgehead atoms. The van der Waals surface area contributed by atoms with E-state index in [0.717, 1.165) is 66.8 Å². The Morgan fingerprint density at radius 2 is 0.606 bits per heavy atom. The molecular formula is C64H48N2. The van der Waals surface area contributed by atoms with Crippen molar-refractivity contribution in [3.63, 3.8) is 0 Å². The van der Waals surface area contributed by atoms with Gasteiger partial charge in [-0.25, -0.2) is 4.85 Å². The van der Waals surface area contributed by atoms with Crippen LogP contribution in [0.25, 0.3) is 95.0 Å².